The molecule has 1 N–H and O–H groups in total. The van der Waals surface area contributed by atoms with E-state index in [4.69, 9.17) is 9.84 Å². The van der Waals surface area contributed by atoms with Gasteiger partial charge in [-0.15, -0.1) is 0 Å². The van der Waals surface area contributed by atoms with Gasteiger partial charge in [-0.1, -0.05) is 25.1 Å². The molecule has 3 heteroatoms. The molecule has 0 amide bonds. The number of aliphatic hydroxyl groups is 1. The highest BCUT2D eigenvalue weighted by molar-refractivity contribution is 5.73. The van der Waals surface area contributed by atoms with Gasteiger partial charge in [0.2, 0.25) is 0 Å². The van der Waals surface area contributed by atoms with Crippen molar-refractivity contribution < 1.29 is 14.6 Å². The SMILES string of the molecule is CC(CO)CCOc1ccc(C=CC=O)cc1. The predicted molar refractivity (Wildman–Crippen MR) is 67.9 cm³/mol. The number of carbonyl (C=O) groups is 1. The molecule has 0 aliphatic heterocycles. The van der Waals surface area contributed by atoms with Crippen LogP contribution in [0.15, 0.2) is 30.3 Å². The standard InChI is InChI=1S/C14H18O3/c1-12(11-16)8-10-17-14-6-4-13(5-7-14)3-2-9-15/h2-7,9,12,16H,8,10-11H2,1H3. The molecular formula is C14H18O3. The zero-order valence-electron chi connectivity index (χ0n) is 10.0. The zero-order chi connectivity index (χ0) is 12.5. The molecule has 1 aromatic rings. The highest BCUT2D eigenvalue weighted by Gasteiger charge is 2.00. The summed E-state index contributed by atoms with van der Waals surface area (Å²) < 4.78 is 5.53. The van der Waals surface area contributed by atoms with Gasteiger partial charge in [0.15, 0.2) is 0 Å². The normalized spacial score (nSPS) is 12.6. The highest BCUT2D eigenvalue weighted by atomic mass is 16.5. The van der Waals surface area contributed by atoms with E-state index in [0.29, 0.717) is 6.61 Å². The molecule has 0 aliphatic carbocycles. The topological polar surface area (TPSA) is 46.5 Å². The van der Waals surface area contributed by atoms with Crippen molar-refractivity contribution in [1.82, 2.24) is 0 Å². The average molecular weight is 234 g/mol. The van der Waals surface area contributed by atoms with Crippen LogP contribution in [0.25, 0.3) is 6.08 Å². The summed E-state index contributed by atoms with van der Waals surface area (Å²) in [7, 11) is 0. The molecule has 0 saturated carbocycles. The lowest BCUT2D eigenvalue weighted by molar-refractivity contribution is -0.104. The van der Waals surface area contributed by atoms with Crippen molar-refractivity contribution in [3.8, 4) is 5.75 Å². The van der Waals surface area contributed by atoms with Gasteiger partial charge < -0.3 is 9.84 Å². The Labute approximate surface area is 102 Å². The number of aliphatic hydroxyl groups excluding tert-OH is 1. The highest BCUT2D eigenvalue weighted by Crippen LogP contribution is 2.14. The zero-order valence-corrected chi connectivity index (χ0v) is 10.0. The van der Waals surface area contributed by atoms with Crippen LogP contribution in [0.2, 0.25) is 0 Å². The van der Waals surface area contributed by atoms with Gasteiger partial charge in [-0.05, 0) is 36.1 Å². The minimum absolute atomic E-state index is 0.193. The van der Waals surface area contributed by atoms with E-state index in [1.807, 2.05) is 31.2 Å². The summed E-state index contributed by atoms with van der Waals surface area (Å²) in [5.74, 6) is 1.07. The first kappa shape index (κ1) is 13.5. The second kappa shape index (κ2) is 7.63. The van der Waals surface area contributed by atoms with Crippen molar-refractivity contribution in [3.63, 3.8) is 0 Å². The van der Waals surface area contributed by atoms with Crippen molar-refractivity contribution >= 4 is 12.4 Å². The fraction of sp³-hybridized carbons (Fsp3) is 0.357. The molecule has 1 atom stereocenters. The van der Waals surface area contributed by atoms with E-state index in [2.05, 4.69) is 0 Å². The van der Waals surface area contributed by atoms with Gasteiger partial charge in [0.25, 0.3) is 0 Å². The predicted octanol–water partition coefficient (Wildman–Crippen LogP) is 2.30. The van der Waals surface area contributed by atoms with E-state index in [1.54, 1.807) is 6.08 Å². The monoisotopic (exact) mass is 234 g/mol. The Kier molecular flexibility index (Phi) is 6.04. The summed E-state index contributed by atoms with van der Waals surface area (Å²) in [6, 6.07) is 7.53. The third kappa shape index (κ3) is 5.31. The van der Waals surface area contributed by atoms with Crippen LogP contribution in [-0.4, -0.2) is 24.6 Å². The molecule has 0 aromatic heterocycles. The smallest absolute Gasteiger partial charge is 0.142 e. The van der Waals surface area contributed by atoms with Crippen LogP contribution in [0.4, 0.5) is 0 Å². The second-order valence-electron chi connectivity index (χ2n) is 3.99. The average Bonchev–Trinajstić information content (AvgIpc) is 2.37. The fourth-order valence-corrected chi connectivity index (χ4v) is 1.29. The van der Waals surface area contributed by atoms with Gasteiger partial charge in [0.05, 0.1) is 6.61 Å². The Hall–Kier alpha value is -1.61. The molecule has 0 aliphatic rings. The summed E-state index contributed by atoms with van der Waals surface area (Å²) in [5.41, 5.74) is 0.966. The first-order valence-corrected chi connectivity index (χ1v) is 5.72. The van der Waals surface area contributed by atoms with Crippen LogP contribution >= 0.6 is 0 Å². The Balaban J connectivity index is 2.40. The Bertz CT molecular complexity index is 354. The number of allylic oxidation sites excluding steroid dienone is 1. The molecule has 0 radical (unpaired) electrons. The molecule has 17 heavy (non-hydrogen) atoms. The molecular weight excluding hydrogens is 216 g/mol. The summed E-state index contributed by atoms with van der Waals surface area (Å²) in [4.78, 5) is 10.1. The summed E-state index contributed by atoms with van der Waals surface area (Å²) in [6.45, 7) is 2.78. The molecule has 1 aromatic carbocycles. The number of hydrogen-bond donors (Lipinski definition) is 1. The van der Waals surface area contributed by atoms with Crippen molar-refractivity contribution in [1.29, 1.82) is 0 Å². The fourth-order valence-electron chi connectivity index (χ4n) is 1.29. The number of rotatable bonds is 7. The van der Waals surface area contributed by atoms with E-state index < -0.39 is 0 Å². The van der Waals surface area contributed by atoms with Crippen molar-refractivity contribution in [2.75, 3.05) is 13.2 Å². The molecule has 92 valence electrons. The summed E-state index contributed by atoms with van der Waals surface area (Å²) >= 11 is 0. The van der Waals surface area contributed by atoms with Crippen LogP contribution in [0.3, 0.4) is 0 Å². The van der Waals surface area contributed by atoms with Crippen LogP contribution in [-0.2, 0) is 4.79 Å². The maximum atomic E-state index is 10.1. The number of ether oxygens (including phenoxy) is 1. The summed E-state index contributed by atoms with van der Waals surface area (Å²) in [6.07, 6.45) is 4.79. The van der Waals surface area contributed by atoms with Crippen molar-refractivity contribution in [2.24, 2.45) is 5.92 Å². The second-order valence-corrected chi connectivity index (χ2v) is 3.99. The minimum Gasteiger partial charge on any atom is -0.494 e. The number of aldehydes is 1. The molecule has 0 saturated heterocycles. The molecule has 3 nitrogen and oxygen atoms in total. The molecule has 1 unspecified atom stereocenters. The number of benzene rings is 1. The van der Waals surface area contributed by atoms with Crippen LogP contribution in [0, 0.1) is 5.92 Å². The van der Waals surface area contributed by atoms with Gasteiger partial charge >= 0.3 is 0 Å². The van der Waals surface area contributed by atoms with Gasteiger partial charge in [0, 0.05) is 6.61 Å². The maximum absolute atomic E-state index is 10.1. The first-order valence-electron chi connectivity index (χ1n) is 5.72. The van der Waals surface area contributed by atoms with Gasteiger partial charge in [0.1, 0.15) is 12.0 Å². The maximum Gasteiger partial charge on any atom is 0.142 e. The third-order valence-electron chi connectivity index (χ3n) is 2.44. The Morgan fingerprint density at radius 3 is 2.65 bits per heavy atom. The molecule has 1 rings (SSSR count). The number of carbonyl (C=O) groups excluding carboxylic acids is 1. The quantitative estimate of drug-likeness (QED) is 0.581. The molecule has 0 heterocycles. The van der Waals surface area contributed by atoms with E-state index in [9.17, 15) is 4.79 Å². The van der Waals surface area contributed by atoms with Gasteiger partial charge in [-0.2, -0.15) is 0 Å². The molecule has 0 spiro atoms. The van der Waals surface area contributed by atoms with Gasteiger partial charge in [-0.3, -0.25) is 4.79 Å². The van der Waals surface area contributed by atoms with Gasteiger partial charge in [-0.25, -0.2) is 0 Å². The minimum atomic E-state index is 0.193. The lowest BCUT2D eigenvalue weighted by Crippen LogP contribution is -2.07. The first-order chi connectivity index (χ1) is 8.26. The molecule has 0 bridgehead atoms. The van der Waals surface area contributed by atoms with E-state index in [0.717, 1.165) is 24.0 Å². The van der Waals surface area contributed by atoms with Crippen molar-refractivity contribution in [3.05, 3.63) is 35.9 Å². The third-order valence-corrected chi connectivity index (χ3v) is 2.44. The lowest BCUT2D eigenvalue weighted by atomic mass is 10.1. The van der Waals surface area contributed by atoms with E-state index >= 15 is 0 Å². The summed E-state index contributed by atoms with van der Waals surface area (Å²) in [5, 5.41) is 8.86. The van der Waals surface area contributed by atoms with E-state index in [1.165, 1.54) is 6.08 Å². The number of hydrogen-bond acceptors (Lipinski definition) is 3. The van der Waals surface area contributed by atoms with E-state index in [-0.39, 0.29) is 12.5 Å². The lowest BCUT2D eigenvalue weighted by Gasteiger charge is -2.09. The largest absolute Gasteiger partial charge is 0.494 e. The van der Waals surface area contributed by atoms with Crippen LogP contribution in [0.1, 0.15) is 18.9 Å². The Morgan fingerprint density at radius 2 is 2.06 bits per heavy atom. The van der Waals surface area contributed by atoms with Crippen molar-refractivity contribution in [2.45, 2.75) is 13.3 Å². The molecule has 0 fully saturated rings. The van der Waals surface area contributed by atoms with Crippen LogP contribution < -0.4 is 4.74 Å². The Morgan fingerprint density at radius 1 is 1.35 bits per heavy atom. The van der Waals surface area contributed by atoms with Crippen LogP contribution in [0.5, 0.6) is 5.75 Å².